The van der Waals surface area contributed by atoms with E-state index in [9.17, 15) is 5.11 Å². The number of aromatic nitrogens is 2. The van der Waals surface area contributed by atoms with E-state index >= 15 is 0 Å². The first-order chi connectivity index (χ1) is 7.92. The molecule has 17 heavy (non-hydrogen) atoms. The molecule has 1 unspecified atom stereocenters. The van der Waals surface area contributed by atoms with Gasteiger partial charge in [-0.15, -0.1) is 0 Å². The lowest BCUT2D eigenvalue weighted by Crippen LogP contribution is -2.38. The Hall–Kier alpha value is -0.390. The van der Waals surface area contributed by atoms with Gasteiger partial charge in [0.25, 0.3) is 0 Å². The van der Waals surface area contributed by atoms with Gasteiger partial charge in [0.2, 0.25) is 0 Å². The summed E-state index contributed by atoms with van der Waals surface area (Å²) >= 11 is 3.47. The molecule has 1 heterocycles. The molecule has 5 heteroatoms. The van der Waals surface area contributed by atoms with Crippen molar-refractivity contribution in [2.24, 2.45) is 0 Å². The van der Waals surface area contributed by atoms with Crippen LogP contribution in [0.1, 0.15) is 45.3 Å². The zero-order valence-electron chi connectivity index (χ0n) is 10.6. The molecule has 96 valence electrons. The first-order valence-corrected chi connectivity index (χ1v) is 6.90. The molecule has 0 amide bonds. The predicted molar refractivity (Wildman–Crippen MR) is 70.9 cm³/mol. The minimum atomic E-state index is -0.901. The maximum atomic E-state index is 10.6. The van der Waals surface area contributed by atoms with Crippen molar-refractivity contribution in [3.63, 3.8) is 0 Å². The summed E-state index contributed by atoms with van der Waals surface area (Å²) in [5.74, 6) is 0. The smallest absolute Gasteiger partial charge is 0.117 e. The van der Waals surface area contributed by atoms with Crippen LogP contribution in [0.3, 0.4) is 0 Å². The van der Waals surface area contributed by atoms with Gasteiger partial charge in [-0.3, -0.25) is 4.68 Å². The fourth-order valence-corrected chi connectivity index (χ4v) is 2.65. The van der Waals surface area contributed by atoms with Crippen molar-refractivity contribution in [2.45, 2.75) is 51.3 Å². The Labute approximate surface area is 111 Å². The number of aliphatic hydroxyl groups is 1. The minimum absolute atomic E-state index is 0.240. The van der Waals surface area contributed by atoms with Crippen LogP contribution in [0.2, 0.25) is 0 Å². The second kappa shape index (κ2) is 4.71. The molecule has 2 N–H and O–H groups in total. The standard InChI is InChI=1S/C12H20BrN3O/c1-8(2)16-11(10(13)6-15-16)12(3,17)7-14-9-4-5-9/h6,8-9,14,17H,4-5,7H2,1-3H3. The van der Waals surface area contributed by atoms with Crippen LogP contribution in [0.15, 0.2) is 10.7 Å². The molecule has 0 radical (unpaired) electrons. The van der Waals surface area contributed by atoms with Crippen LogP contribution in [0.4, 0.5) is 0 Å². The largest absolute Gasteiger partial charge is 0.382 e. The Morgan fingerprint density at radius 1 is 1.65 bits per heavy atom. The molecular formula is C12H20BrN3O. The highest BCUT2D eigenvalue weighted by Gasteiger charge is 2.33. The van der Waals surface area contributed by atoms with Gasteiger partial charge in [0, 0.05) is 18.6 Å². The summed E-state index contributed by atoms with van der Waals surface area (Å²) in [7, 11) is 0. The Balaban J connectivity index is 2.20. The van der Waals surface area contributed by atoms with E-state index < -0.39 is 5.60 Å². The quantitative estimate of drug-likeness (QED) is 0.876. The zero-order chi connectivity index (χ0) is 12.6. The first-order valence-electron chi connectivity index (χ1n) is 6.11. The molecule has 2 rings (SSSR count). The Morgan fingerprint density at radius 2 is 2.29 bits per heavy atom. The molecule has 1 aromatic rings. The van der Waals surface area contributed by atoms with E-state index in [4.69, 9.17) is 0 Å². The average molecular weight is 302 g/mol. The monoisotopic (exact) mass is 301 g/mol. The van der Waals surface area contributed by atoms with Gasteiger partial charge in [-0.05, 0) is 49.5 Å². The first kappa shape index (κ1) is 13.1. The molecule has 1 fully saturated rings. The molecule has 1 aliphatic rings. The maximum Gasteiger partial charge on any atom is 0.117 e. The molecule has 4 nitrogen and oxygen atoms in total. The third-order valence-electron chi connectivity index (χ3n) is 3.06. The van der Waals surface area contributed by atoms with Crippen LogP contribution in [0, 0.1) is 0 Å². The van der Waals surface area contributed by atoms with Crippen molar-refractivity contribution >= 4 is 15.9 Å². The summed E-state index contributed by atoms with van der Waals surface area (Å²) in [4.78, 5) is 0. The summed E-state index contributed by atoms with van der Waals surface area (Å²) in [5.41, 5.74) is -0.0528. The second-order valence-electron chi connectivity index (χ2n) is 5.31. The summed E-state index contributed by atoms with van der Waals surface area (Å²) < 4.78 is 2.74. The Bertz CT molecular complexity index is 396. The highest BCUT2D eigenvalue weighted by Crippen LogP contribution is 2.30. The van der Waals surface area contributed by atoms with Gasteiger partial charge in [-0.25, -0.2) is 0 Å². The van der Waals surface area contributed by atoms with E-state index in [1.807, 2.05) is 11.6 Å². The summed E-state index contributed by atoms with van der Waals surface area (Å²) in [6.45, 7) is 6.53. The second-order valence-corrected chi connectivity index (χ2v) is 6.16. The van der Waals surface area contributed by atoms with Crippen LogP contribution in [0.5, 0.6) is 0 Å². The highest BCUT2D eigenvalue weighted by atomic mass is 79.9. The van der Waals surface area contributed by atoms with E-state index in [1.165, 1.54) is 12.8 Å². The summed E-state index contributed by atoms with van der Waals surface area (Å²) in [6, 6.07) is 0.833. The van der Waals surface area contributed by atoms with Gasteiger partial charge in [0.15, 0.2) is 0 Å². The topological polar surface area (TPSA) is 50.1 Å². The van der Waals surface area contributed by atoms with Gasteiger partial charge in [0.1, 0.15) is 5.60 Å². The summed E-state index contributed by atoms with van der Waals surface area (Å²) in [5, 5.41) is 18.3. The van der Waals surface area contributed by atoms with Crippen LogP contribution in [-0.2, 0) is 5.60 Å². The number of hydrogen-bond donors (Lipinski definition) is 2. The Kier molecular flexibility index (Phi) is 3.61. The van der Waals surface area contributed by atoms with Crippen LogP contribution >= 0.6 is 15.9 Å². The van der Waals surface area contributed by atoms with E-state index in [2.05, 4.69) is 40.2 Å². The fraction of sp³-hybridized carbons (Fsp3) is 0.750. The fourth-order valence-electron chi connectivity index (χ4n) is 1.95. The van der Waals surface area contributed by atoms with Crippen LogP contribution in [0.25, 0.3) is 0 Å². The van der Waals surface area contributed by atoms with Crippen molar-refractivity contribution in [2.75, 3.05) is 6.54 Å². The van der Waals surface area contributed by atoms with Gasteiger partial charge >= 0.3 is 0 Å². The number of hydrogen-bond acceptors (Lipinski definition) is 3. The van der Waals surface area contributed by atoms with Gasteiger partial charge in [-0.2, -0.15) is 5.10 Å². The molecule has 0 spiro atoms. The molecule has 1 atom stereocenters. The number of nitrogens with one attached hydrogen (secondary N) is 1. The third-order valence-corrected chi connectivity index (χ3v) is 3.64. The van der Waals surface area contributed by atoms with E-state index in [-0.39, 0.29) is 6.04 Å². The van der Waals surface area contributed by atoms with Crippen molar-refractivity contribution in [1.29, 1.82) is 0 Å². The molecular weight excluding hydrogens is 282 g/mol. The number of nitrogens with zero attached hydrogens (tertiary/aromatic N) is 2. The number of rotatable bonds is 5. The molecule has 0 aliphatic heterocycles. The molecule has 1 aromatic heterocycles. The van der Waals surface area contributed by atoms with Crippen molar-refractivity contribution in [3.8, 4) is 0 Å². The lowest BCUT2D eigenvalue weighted by Gasteiger charge is -2.27. The zero-order valence-corrected chi connectivity index (χ0v) is 12.2. The van der Waals surface area contributed by atoms with Crippen LogP contribution < -0.4 is 5.32 Å². The molecule has 0 bridgehead atoms. The van der Waals surface area contributed by atoms with E-state index in [0.29, 0.717) is 12.6 Å². The Morgan fingerprint density at radius 3 is 2.82 bits per heavy atom. The van der Waals surface area contributed by atoms with Crippen molar-refractivity contribution < 1.29 is 5.11 Å². The third kappa shape index (κ3) is 2.89. The minimum Gasteiger partial charge on any atom is -0.382 e. The van der Waals surface area contributed by atoms with E-state index in [1.54, 1.807) is 6.20 Å². The molecule has 1 saturated carbocycles. The average Bonchev–Trinajstić information content (AvgIpc) is 2.97. The lowest BCUT2D eigenvalue weighted by molar-refractivity contribution is 0.0451. The predicted octanol–water partition coefficient (Wildman–Crippen LogP) is 2.19. The SMILES string of the molecule is CC(C)n1ncc(Br)c1C(C)(O)CNC1CC1. The van der Waals surface area contributed by atoms with Crippen molar-refractivity contribution in [3.05, 3.63) is 16.4 Å². The number of halogens is 1. The van der Waals surface area contributed by atoms with Crippen LogP contribution in [-0.4, -0.2) is 27.5 Å². The van der Waals surface area contributed by atoms with Gasteiger partial charge in [0.05, 0.1) is 16.4 Å². The lowest BCUT2D eigenvalue weighted by atomic mass is 10.0. The van der Waals surface area contributed by atoms with Crippen molar-refractivity contribution in [1.82, 2.24) is 15.1 Å². The van der Waals surface area contributed by atoms with E-state index in [0.717, 1.165) is 10.2 Å². The molecule has 0 aromatic carbocycles. The normalized spacial score (nSPS) is 19.6. The summed E-state index contributed by atoms with van der Waals surface area (Å²) in [6.07, 6.45) is 4.20. The highest BCUT2D eigenvalue weighted by molar-refractivity contribution is 9.10. The molecule has 0 saturated heterocycles. The van der Waals surface area contributed by atoms with Gasteiger partial charge in [-0.1, -0.05) is 0 Å². The maximum absolute atomic E-state index is 10.6. The van der Waals surface area contributed by atoms with Gasteiger partial charge < -0.3 is 10.4 Å². The molecule has 1 aliphatic carbocycles.